The molecule has 0 radical (unpaired) electrons. The van der Waals surface area contributed by atoms with Crippen molar-refractivity contribution < 1.29 is 4.74 Å². The number of fused-ring (bicyclic) bond motifs is 1. The van der Waals surface area contributed by atoms with Gasteiger partial charge in [0.2, 0.25) is 0 Å². The SMILES string of the molecule is COc1ccccc1N1CC(C)NCc2ccccc21. The molecule has 1 atom stereocenters. The third kappa shape index (κ3) is 2.37. The lowest BCUT2D eigenvalue weighted by Crippen LogP contribution is -2.33. The second-order valence-electron chi connectivity index (χ2n) is 5.19. The highest BCUT2D eigenvalue weighted by Crippen LogP contribution is 2.36. The molecule has 0 aliphatic carbocycles. The summed E-state index contributed by atoms with van der Waals surface area (Å²) in [5.41, 5.74) is 3.70. The van der Waals surface area contributed by atoms with Gasteiger partial charge >= 0.3 is 0 Å². The molecule has 1 unspecified atom stereocenters. The van der Waals surface area contributed by atoms with Crippen LogP contribution in [0.3, 0.4) is 0 Å². The standard InChI is InChI=1S/C17H20N2O/c1-13-12-19(16-9-5-6-10-17(16)20-2)15-8-4-3-7-14(15)11-18-13/h3-10,13,18H,11-12H2,1-2H3. The van der Waals surface area contributed by atoms with Crippen LogP contribution in [0, 0.1) is 0 Å². The molecule has 3 nitrogen and oxygen atoms in total. The van der Waals surface area contributed by atoms with Gasteiger partial charge in [-0.05, 0) is 30.7 Å². The topological polar surface area (TPSA) is 24.5 Å². The van der Waals surface area contributed by atoms with E-state index in [4.69, 9.17) is 4.74 Å². The Morgan fingerprint density at radius 3 is 2.55 bits per heavy atom. The fraction of sp³-hybridized carbons (Fsp3) is 0.294. The summed E-state index contributed by atoms with van der Waals surface area (Å²) in [4.78, 5) is 2.35. The van der Waals surface area contributed by atoms with Crippen molar-refractivity contribution >= 4 is 11.4 Å². The monoisotopic (exact) mass is 268 g/mol. The molecular formula is C17H20N2O. The average molecular weight is 268 g/mol. The molecule has 0 bridgehead atoms. The summed E-state index contributed by atoms with van der Waals surface area (Å²) >= 11 is 0. The third-order valence-electron chi connectivity index (χ3n) is 3.76. The summed E-state index contributed by atoms with van der Waals surface area (Å²) in [6.07, 6.45) is 0. The molecule has 2 aromatic carbocycles. The van der Waals surface area contributed by atoms with E-state index < -0.39 is 0 Å². The van der Waals surface area contributed by atoms with Crippen molar-refractivity contribution in [2.24, 2.45) is 0 Å². The Kier molecular flexibility index (Phi) is 3.61. The van der Waals surface area contributed by atoms with Crippen molar-refractivity contribution in [2.75, 3.05) is 18.6 Å². The number of para-hydroxylation sites is 3. The zero-order chi connectivity index (χ0) is 13.9. The lowest BCUT2D eigenvalue weighted by Gasteiger charge is -2.28. The minimum atomic E-state index is 0.423. The van der Waals surface area contributed by atoms with Crippen LogP contribution in [0.2, 0.25) is 0 Å². The average Bonchev–Trinajstić information content (AvgIpc) is 2.67. The van der Waals surface area contributed by atoms with Crippen molar-refractivity contribution in [2.45, 2.75) is 19.5 Å². The van der Waals surface area contributed by atoms with Gasteiger partial charge in [0.05, 0.1) is 12.8 Å². The van der Waals surface area contributed by atoms with E-state index in [2.05, 4.69) is 53.5 Å². The van der Waals surface area contributed by atoms with Gasteiger partial charge in [0.25, 0.3) is 0 Å². The van der Waals surface area contributed by atoms with E-state index in [1.807, 2.05) is 12.1 Å². The van der Waals surface area contributed by atoms with E-state index in [1.54, 1.807) is 7.11 Å². The number of methoxy groups -OCH3 is 1. The molecule has 1 N–H and O–H groups in total. The Morgan fingerprint density at radius 1 is 1.05 bits per heavy atom. The molecule has 0 spiro atoms. The van der Waals surface area contributed by atoms with E-state index in [0.29, 0.717) is 6.04 Å². The highest BCUT2D eigenvalue weighted by atomic mass is 16.5. The highest BCUT2D eigenvalue weighted by molar-refractivity contribution is 5.72. The highest BCUT2D eigenvalue weighted by Gasteiger charge is 2.21. The normalized spacial score (nSPS) is 18.3. The van der Waals surface area contributed by atoms with Crippen LogP contribution in [0.1, 0.15) is 12.5 Å². The quantitative estimate of drug-likeness (QED) is 0.904. The molecule has 0 amide bonds. The van der Waals surface area contributed by atoms with Crippen molar-refractivity contribution in [3.8, 4) is 5.75 Å². The predicted octanol–water partition coefficient (Wildman–Crippen LogP) is 3.33. The first-order valence-electron chi connectivity index (χ1n) is 7.01. The van der Waals surface area contributed by atoms with Crippen LogP contribution in [0.5, 0.6) is 5.75 Å². The van der Waals surface area contributed by atoms with Gasteiger partial charge in [-0.2, -0.15) is 0 Å². The minimum Gasteiger partial charge on any atom is -0.495 e. The minimum absolute atomic E-state index is 0.423. The van der Waals surface area contributed by atoms with Crippen molar-refractivity contribution in [3.05, 3.63) is 54.1 Å². The third-order valence-corrected chi connectivity index (χ3v) is 3.76. The summed E-state index contributed by atoms with van der Waals surface area (Å²) in [5.74, 6) is 0.913. The van der Waals surface area contributed by atoms with Gasteiger partial charge in [-0.1, -0.05) is 30.3 Å². The number of rotatable bonds is 2. The van der Waals surface area contributed by atoms with Gasteiger partial charge in [-0.15, -0.1) is 0 Å². The predicted molar refractivity (Wildman–Crippen MR) is 82.7 cm³/mol. The molecule has 2 aromatic rings. The maximum Gasteiger partial charge on any atom is 0.142 e. The summed E-state index contributed by atoms with van der Waals surface area (Å²) in [6, 6.07) is 17.2. The van der Waals surface area contributed by atoms with Crippen molar-refractivity contribution in [1.82, 2.24) is 5.32 Å². The van der Waals surface area contributed by atoms with Crippen LogP contribution in [0.25, 0.3) is 0 Å². The smallest absolute Gasteiger partial charge is 0.142 e. The lowest BCUT2D eigenvalue weighted by molar-refractivity contribution is 0.415. The van der Waals surface area contributed by atoms with Gasteiger partial charge < -0.3 is 15.0 Å². The molecule has 104 valence electrons. The van der Waals surface area contributed by atoms with Crippen LogP contribution in [-0.4, -0.2) is 19.7 Å². The van der Waals surface area contributed by atoms with Gasteiger partial charge in [-0.25, -0.2) is 0 Å². The zero-order valence-electron chi connectivity index (χ0n) is 12.0. The largest absolute Gasteiger partial charge is 0.495 e. The summed E-state index contributed by atoms with van der Waals surface area (Å²) in [6.45, 7) is 4.05. The molecule has 1 heterocycles. The number of benzene rings is 2. The van der Waals surface area contributed by atoms with Crippen molar-refractivity contribution in [3.63, 3.8) is 0 Å². The number of ether oxygens (including phenoxy) is 1. The Morgan fingerprint density at radius 2 is 1.75 bits per heavy atom. The first kappa shape index (κ1) is 13.0. The van der Waals surface area contributed by atoms with Gasteiger partial charge in [0.1, 0.15) is 5.75 Å². The van der Waals surface area contributed by atoms with Gasteiger partial charge in [0.15, 0.2) is 0 Å². The Bertz CT molecular complexity index is 597. The number of nitrogens with zero attached hydrogens (tertiary/aromatic N) is 1. The molecule has 1 aliphatic rings. The Labute approximate surface area is 120 Å². The van der Waals surface area contributed by atoms with Crippen molar-refractivity contribution in [1.29, 1.82) is 0 Å². The fourth-order valence-electron chi connectivity index (χ4n) is 2.73. The van der Waals surface area contributed by atoms with Crippen LogP contribution in [0.15, 0.2) is 48.5 Å². The van der Waals surface area contributed by atoms with E-state index in [9.17, 15) is 0 Å². The summed E-state index contributed by atoms with van der Waals surface area (Å²) in [5, 5.41) is 3.56. The van der Waals surface area contributed by atoms with Gasteiger partial charge in [-0.3, -0.25) is 0 Å². The molecule has 1 aliphatic heterocycles. The number of hydrogen-bond donors (Lipinski definition) is 1. The van der Waals surface area contributed by atoms with E-state index >= 15 is 0 Å². The first-order chi connectivity index (χ1) is 9.79. The molecule has 0 saturated carbocycles. The molecule has 0 fully saturated rings. The van der Waals surface area contributed by atoms with Crippen LogP contribution in [-0.2, 0) is 6.54 Å². The van der Waals surface area contributed by atoms with E-state index in [1.165, 1.54) is 11.3 Å². The first-order valence-corrected chi connectivity index (χ1v) is 7.01. The second-order valence-corrected chi connectivity index (χ2v) is 5.19. The molecule has 20 heavy (non-hydrogen) atoms. The number of anilines is 2. The molecule has 3 rings (SSSR count). The molecule has 0 saturated heterocycles. The lowest BCUT2D eigenvalue weighted by atomic mass is 10.1. The number of nitrogens with one attached hydrogen (secondary N) is 1. The maximum absolute atomic E-state index is 5.53. The zero-order valence-corrected chi connectivity index (χ0v) is 12.0. The van der Waals surface area contributed by atoms with E-state index in [-0.39, 0.29) is 0 Å². The summed E-state index contributed by atoms with van der Waals surface area (Å²) in [7, 11) is 1.73. The molecular weight excluding hydrogens is 248 g/mol. The second kappa shape index (κ2) is 5.55. The molecule has 0 aromatic heterocycles. The number of hydrogen-bond acceptors (Lipinski definition) is 3. The van der Waals surface area contributed by atoms with Crippen LogP contribution in [0.4, 0.5) is 11.4 Å². The van der Waals surface area contributed by atoms with Gasteiger partial charge in [0, 0.05) is 24.8 Å². The van der Waals surface area contributed by atoms with Crippen LogP contribution >= 0.6 is 0 Å². The van der Waals surface area contributed by atoms with E-state index in [0.717, 1.165) is 24.5 Å². The Balaban J connectivity index is 2.11. The van der Waals surface area contributed by atoms with Crippen LogP contribution < -0.4 is 15.0 Å². The summed E-state index contributed by atoms with van der Waals surface area (Å²) < 4.78 is 5.53. The molecule has 3 heteroatoms. The maximum atomic E-state index is 5.53. The Hall–Kier alpha value is -2.00. The fourth-order valence-corrected chi connectivity index (χ4v) is 2.73.